The van der Waals surface area contributed by atoms with Gasteiger partial charge in [-0.2, -0.15) is 0 Å². The van der Waals surface area contributed by atoms with Gasteiger partial charge in [-0.25, -0.2) is 4.98 Å². The van der Waals surface area contributed by atoms with Crippen LogP contribution < -0.4 is 10.1 Å². The second-order valence-electron chi connectivity index (χ2n) is 6.06. The molecule has 1 aliphatic heterocycles. The van der Waals surface area contributed by atoms with Gasteiger partial charge in [0.1, 0.15) is 11.6 Å². The number of anilines is 1. The Bertz CT molecular complexity index is 420. The van der Waals surface area contributed by atoms with E-state index >= 15 is 0 Å². The summed E-state index contributed by atoms with van der Waals surface area (Å²) >= 11 is 0. The Kier molecular flexibility index (Phi) is 3.35. The average molecular weight is 261 g/mol. The molecule has 2 heterocycles. The average Bonchev–Trinajstić information content (AvgIpc) is 2.45. The van der Waals surface area contributed by atoms with Gasteiger partial charge in [0.15, 0.2) is 0 Å². The van der Waals surface area contributed by atoms with Crippen molar-refractivity contribution in [2.45, 2.75) is 32.4 Å². The van der Waals surface area contributed by atoms with Crippen molar-refractivity contribution in [3.05, 3.63) is 18.3 Å². The fourth-order valence-corrected chi connectivity index (χ4v) is 3.34. The number of nitrogens with one attached hydrogen (secondary N) is 1. The predicted octanol–water partition coefficient (Wildman–Crippen LogP) is 2.23. The number of ether oxygens (including phenoxy) is 1. The maximum Gasteiger partial charge on any atom is 0.137 e. The zero-order valence-electron chi connectivity index (χ0n) is 12.0. The minimum Gasteiger partial charge on any atom is -0.495 e. The Balaban J connectivity index is 1.60. The van der Waals surface area contributed by atoms with Crippen molar-refractivity contribution < 1.29 is 4.74 Å². The van der Waals surface area contributed by atoms with E-state index in [2.05, 4.69) is 29.0 Å². The van der Waals surface area contributed by atoms with Crippen LogP contribution in [-0.2, 0) is 0 Å². The van der Waals surface area contributed by atoms with E-state index in [-0.39, 0.29) is 0 Å². The first-order chi connectivity index (χ1) is 9.17. The normalized spacial score (nSPS) is 30.0. The summed E-state index contributed by atoms with van der Waals surface area (Å²) in [5.41, 5.74) is 0. The molecule has 0 aromatic carbocycles. The van der Waals surface area contributed by atoms with Gasteiger partial charge in [-0.15, -0.1) is 0 Å². The zero-order chi connectivity index (χ0) is 13.4. The number of piperidine rings is 2. The van der Waals surface area contributed by atoms with Crippen LogP contribution in [0.15, 0.2) is 18.3 Å². The zero-order valence-corrected chi connectivity index (χ0v) is 12.0. The van der Waals surface area contributed by atoms with Crippen molar-refractivity contribution in [1.29, 1.82) is 0 Å². The van der Waals surface area contributed by atoms with Crippen LogP contribution in [0, 0.1) is 11.8 Å². The summed E-state index contributed by atoms with van der Waals surface area (Å²) < 4.78 is 5.13. The highest BCUT2D eigenvalue weighted by atomic mass is 16.5. The van der Waals surface area contributed by atoms with Gasteiger partial charge in [-0.1, -0.05) is 0 Å². The molecular formula is C15H23N3O. The molecule has 19 heavy (non-hydrogen) atoms. The number of methoxy groups -OCH3 is 1. The molecule has 1 aromatic heterocycles. The van der Waals surface area contributed by atoms with Gasteiger partial charge in [-0.3, -0.25) is 0 Å². The van der Waals surface area contributed by atoms with Crippen LogP contribution in [0.1, 0.15) is 20.3 Å². The SMILES string of the molecule is COc1ccc(NC2C3CC2CN(C(C)C)C3)nc1. The second-order valence-corrected chi connectivity index (χ2v) is 6.06. The number of hydrogen-bond acceptors (Lipinski definition) is 4. The molecule has 2 unspecified atom stereocenters. The van der Waals surface area contributed by atoms with Crippen LogP contribution in [0.4, 0.5) is 5.82 Å². The lowest BCUT2D eigenvalue weighted by Gasteiger charge is -2.55. The van der Waals surface area contributed by atoms with E-state index in [1.807, 2.05) is 12.1 Å². The quantitative estimate of drug-likeness (QED) is 0.902. The third-order valence-corrected chi connectivity index (χ3v) is 4.58. The lowest BCUT2D eigenvalue weighted by Crippen LogP contribution is -2.62. The Morgan fingerprint density at radius 3 is 2.58 bits per heavy atom. The molecule has 104 valence electrons. The van der Waals surface area contributed by atoms with Crippen molar-refractivity contribution in [2.75, 3.05) is 25.5 Å². The molecule has 2 aliphatic rings. The van der Waals surface area contributed by atoms with Gasteiger partial charge in [0.25, 0.3) is 0 Å². The van der Waals surface area contributed by atoms with E-state index < -0.39 is 0 Å². The van der Waals surface area contributed by atoms with Crippen LogP contribution >= 0.6 is 0 Å². The van der Waals surface area contributed by atoms with E-state index in [4.69, 9.17) is 4.74 Å². The molecule has 4 nitrogen and oxygen atoms in total. The van der Waals surface area contributed by atoms with Crippen LogP contribution in [0.2, 0.25) is 0 Å². The number of hydrogen-bond donors (Lipinski definition) is 1. The Hall–Kier alpha value is -1.29. The topological polar surface area (TPSA) is 37.4 Å². The predicted molar refractivity (Wildman–Crippen MR) is 76.5 cm³/mol. The summed E-state index contributed by atoms with van der Waals surface area (Å²) in [4.78, 5) is 7.00. The lowest BCUT2D eigenvalue weighted by molar-refractivity contribution is -0.00431. The molecule has 1 aromatic rings. The fraction of sp³-hybridized carbons (Fsp3) is 0.667. The number of nitrogens with zero attached hydrogens (tertiary/aromatic N) is 2. The van der Waals surface area contributed by atoms with Gasteiger partial charge in [0.2, 0.25) is 0 Å². The van der Waals surface area contributed by atoms with E-state index in [1.165, 1.54) is 19.5 Å². The fourth-order valence-electron chi connectivity index (χ4n) is 3.34. The Morgan fingerprint density at radius 1 is 1.32 bits per heavy atom. The summed E-state index contributed by atoms with van der Waals surface area (Å²) in [6.07, 6.45) is 3.15. The summed E-state index contributed by atoms with van der Waals surface area (Å²) in [6.45, 7) is 7.03. The Morgan fingerprint density at radius 2 is 2.05 bits per heavy atom. The minimum atomic E-state index is 0.607. The van der Waals surface area contributed by atoms with E-state index in [0.29, 0.717) is 12.1 Å². The van der Waals surface area contributed by atoms with Crippen LogP contribution in [0.25, 0.3) is 0 Å². The first-order valence-electron chi connectivity index (χ1n) is 7.18. The van der Waals surface area contributed by atoms with Crippen molar-refractivity contribution in [3.8, 4) is 5.75 Å². The maximum atomic E-state index is 5.13. The number of pyridine rings is 1. The van der Waals surface area contributed by atoms with E-state index in [0.717, 1.165) is 23.4 Å². The third kappa shape index (κ3) is 2.41. The highest BCUT2D eigenvalue weighted by Crippen LogP contribution is 2.42. The largest absolute Gasteiger partial charge is 0.495 e. The highest BCUT2D eigenvalue weighted by molar-refractivity contribution is 5.40. The number of aromatic nitrogens is 1. The molecule has 1 saturated heterocycles. The molecule has 3 rings (SSSR count). The van der Waals surface area contributed by atoms with Crippen LogP contribution in [0.3, 0.4) is 0 Å². The Labute approximate surface area is 115 Å². The number of likely N-dealkylation sites (tertiary alicyclic amines) is 1. The molecule has 1 aliphatic carbocycles. The van der Waals surface area contributed by atoms with Gasteiger partial charge in [-0.05, 0) is 44.2 Å². The van der Waals surface area contributed by atoms with Crippen molar-refractivity contribution >= 4 is 5.82 Å². The van der Waals surface area contributed by atoms with Crippen LogP contribution in [-0.4, -0.2) is 42.2 Å². The molecule has 0 amide bonds. The first kappa shape index (κ1) is 12.7. The van der Waals surface area contributed by atoms with Gasteiger partial charge >= 0.3 is 0 Å². The first-order valence-corrected chi connectivity index (χ1v) is 7.18. The second kappa shape index (κ2) is 5.00. The molecular weight excluding hydrogens is 238 g/mol. The van der Waals surface area contributed by atoms with E-state index in [9.17, 15) is 0 Å². The number of fused-ring (bicyclic) bond motifs is 2. The molecule has 1 saturated carbocycles. The van der Waals surface area contributed by atoms with Crippen molar-refractivity contribution in [1.82, 2.24) is 9.88 Å². The molecule has 0 spiro atoms. The third-order valence-electron chi connectivity index (χ3n) is 4.58. The summed E-state index contributed by atoms with van der Waals surface area (Å²) in [6, 6.07) is 5.25. The summed E-state index contributed by atoms with van der Waals surface area (Å²) in [5, 5.41) is 3.60. The van der Waals surface area contributed by atoms with Gasteiger partial charge in [0.05, 0.1) is 13.3 Å². The van der Waals surface area contributed by atoms with Crippen LogP contribution in [0.5, 0.6) is 5.75 Å². The standard InChI is InChI=1S/C15H23N3O/c1-10(2)18-8-11-6-12(9-18)15(11)17-14-5-4-13(19-3)7-16-14/h4-5,7,10-12,15H,6,8-9H2,1-3H3,(H,16,17). The number of rotatable bonds is 4. The molecule has 0 radical (unpaired) electrons. The monoisotopic (exact) mass is 261 g/mol. The van der Waals surface area contributed by atoms with Gasteiger partial charge in [0, 0.05) is 25.2 Å². The van der Waals surface area contributed by atoms with E-state index in [1.54, 1.807) is 13.3 Å². The minimum absolute atomic E-state index is 0.607. The molecule has 2 fully saturated rings. The molecule has 4 heteroatoms. The molecule has 2 bridgehead atoms. The lowest BCUT2D eigenvalue weighted by atomic mass is 9.66. The van der Waals surface area contributed by atoms with Crippen molar-refractivity contribution in [3.63, 3.8) is 0 Å². The maximum absolute atomic E-state index is 5.13. The highest BCUT2D eigenvalue weighted by Gasteiger charge is 2.47. The van der Waals surface area contributed by atoms with Crippen molar-refractivity contribution in [2.24, 2.45) is 11.8 Å². The molecule has 2 atom stereocenters. The summed E-state index contributed by atoms with van der Waals surface area (Å²) in [7, 11) is 1.67. The smallest absolute Gasteiger partial charge is 0.137 e. The van der Waals surface area contributed by atoms with Gasteiger partial charge < -0.3 is 15.0 Å². The summed E-state index contributed by atoms with van der Waals surface area (Å²) in [5.74, 6) is 3.35. The molecule has 1 N–H and O–H groups in total.